The molecule has 3 N–H and O–H groups in total. The molecular formula is C17H16F3N5O3. The average molecular weight is 395 g/mol. The van der Waals surface area contributed by atoms with Crippen molar-refractivity contribution in [1.29, 1.82) is 0 Å². The van der Waals surface area contributed by atoms with Crippen molar-refractivity contribution in [3.63, 3.8) is 0 Å². The van der Waals surface area contributed by atoms with Crippen LogP contribution in [0.4, 0.5) is 19.1 Å². The number of ether oxygens (including phenoxy) is 1. The van der Waals surface area contributed by atoms with E-state index in [2.05, 4.69) is 30.6 Å². The summed E-state index contributed by atoms with van der Waals surface area (Å²) in [6.07, 6.45) is -2.49. The number of alkyl halides is 3. The summed E-state index contributed by atoms with van der Waals surface area (Å²) in [4.78, 5) is 16.1. The zero-order chi connectivity index (χ0) is 19.9. The molecule has 28 heavy (non-hydrogen) atoms. The summed E-state index contributed by atoms with van der Waals surface area (Å²) in [6, 6.07) is 2.81. The summed E-state index contributed by atoms with van der Waals surface area (Å²) >= 11 is 0. The third-order valence-corrected chi connectivity index (χ3v) is 4.49. The van der Waals surface area contributed by atoms with Gasteiger partial charge in [-0.3, -0.25) is 4.79 Å². The largest absolute Gasteiger partial charge is 0.573 e. The standard InChI is InChI=1S/C17H16F3N5O3/c18-17(19,20)28-9-3-4-10(12(26)7-9)14-13(8-1-2-8)23-16(25-24-14)22-11-5-6-21-15(11)27/h3-4,7-8,11,26H,1-2,5-6H2,(H,21,27)(H,22,23,25)/t11-/m0/s1. The number of anilines is 1. The van der Waals surface area contributed by atoms with Crippen LogP contribution < -0.4 is 15.4 Å². The zero-order valence-electron chi connectivity index (χ0n) is 14.5. The molecule has 1 aliphatic heterocycles. The van der Waals surface area contributed by atoms with Crippen LogP contribution in [-0.4, -0.2) is 45.1 Å². The van der Waals surface area contributed by atoms with E-state index < -0.39 is 23.9 Å². The molecule has 2 fully saturated rings. The zero-order valence-corrected chi connectivity index (χ0v) is 14.5. The van der Waals surface area contributed by atoms with Crippen LogP contribution in [0.1, 0.15) is 30.9 Å². The SMILES string of the molecule is O=C1NCC[C@@H]1Nc1nnc(-c2ccc(OC(F)(F)F)cc2O)c(C2CC2)n1. The highest BCUT2D eigenvalue weighted by molar-refractivity contribution is 5.86. The van der Waals surface area contributed by atoms with Crippen molar-refractivity contribution in [2.45, 2.75) is 37.6 Å². The maximum absolute atomic E-state index is 12.3. The van der Waals surface area contributed by atoms with E-state index in [0.29, 0.717) is 24.4 Å². The molecule has 1 aromatic carbocycles. The Morgan fingerprint density at radius 3 is 2.61 bits per heavy atom. The minimum Gasteiger partial charge on any atom is -0.507 e. The van der Waals surface area contributed by atoms with Crippen molar-refractivity contribution in [2.75, 3.05) is 11.9 Å². The van der Waals surface area contributed by atoms with Crippen LogP contribution in [0.2, 0.25) is 0 Å². The molecule has 1 amide bonds. The number of hydrogen-bond acceptors (Lipinski definition) is 7. The van der Waals surface area contributed by atoms with Crippen molar-refractivity contribution in [1.82, 2.24) is 20.5 Å². The summed E-state index contributed by atoms with van der Waals surface area (Å²) in [5, 5.41) is 23.9. The van der Waals surface area contributed by atoms with E-state index in [9.17, 15) is 23.1 Å². The van der Waals surface area contributed by atoms with Gasteiger partial charge in [0.05, 0.1) is 5.69 Å². The lowest BCUT2D eigenvalue weighted by atomic mass is 10.1. The Hall–Kier alpha value is -3.11. The van der Waals surface area contributed by atoms with Crippen LogP contribution in [-0.2, 0) is 4.79 Å². The molecule has 2 aromatic rings. The topological polar surface area (TPSA) is 109 Å². The first-order valence-corrected chi connectivity index (χ1v) is 8.68. The molecule has 2 aliphatic rings. The van der Waals surface area contributed by atoms with Crippen molar-refractivity contribution in [3.05, 3.63) is 23.9 Å². The van der Waals surface area contributed by atoms with Gasteiger partial charge in [-0.2, -0.15) is 0 Å². The Kier molecular flexibility index (Phi) is 4.44. The molecule has 0 radical (unpaired) electrons. The lowest BCUT2D eigenvalue weighted by Gasteiger charge is -2.14. The number of benzene rings is 1. The number of aromatic hydroxyl groups is 1. The van der Waals surface area contributed by atoms with Gasteiger partial charge in [-0.05, 0) is 31.4 Å². The third-order valence-electron chi connectivity index (χ3n) is 4.49. The molecule has 0 bridgehead atoms. The summed E-state index contributed by atoms with van der Waals surface area (Å²) in [5.74, 6) is -0.777. The molecule has 1 atom stereocenters. The number of carbonyl (C=O) groups excluding carboxylic acids is 1. The molecule has 1 saturated heterocycles. The van der Waals surface area contributed by atoms with Crippen LogP contribution in [0.15, 0.2) is 18.2 Å². The third kappa shape index (κ3) is 3.92. The predicted octanol–water partition coefficient (Wildman–Crippen LogP) is 2.32. The molecular weight excluding hydrogens is 379 g/mol. The number of carbonyl (C=O) groups is 1. The van der Waals surface area contributed by atoms with E-state index in [0.717, 1.165) is 25.0 Å². The minimum absolute atomic E-state index is 0.119. The van der Waals surface area contributed by atoms with Gasteiger partial charge in [0.1, 0.15) is 23.2 Å². The normalized spacial score (nSPS) is 19.4. The highest BCUT2D eigenvalue weighted by Gasteiger charge is 2.33. The summed E-state index contributed by atoms with van der Waals surface area (Å²) in [7, 11) is 0. The minimum atomic E-state index is -4.85. The van der Waals surface area contributed by atoms with E-state index in [4.69, 9.17) is 0 Å². The van der Waals surface area contributed by atoms with Crippen LogP contribution >= 0.6 is 0 Å². The van der Waals surface area contributed by atoms with E-state index in [1.807, 2.05) is 0 Å². The first-order chi connectivity index (χ1) is 13.3. The number of nitrogens with one attached hydrogen (secondary N) is 2. The van der Waals surface area contributed by atoms with E-state index in [-0.39, 0.29) is 23.3 Å². The maximum Gasteiger partial charge on any atom is 0.573 e. The van der Waals surface area contributed by atoms with E-state index >= 15 is 0 Å². The van der Waals surface area contributed by atoms with Crippen molar-refractivity contribution >= 4 is 11.9 Å². The number of hydrogen-bond donors (Lipinski definition) is 3. The van der Waals surface area contributed by atoms with Gasteiger partial charge in [0, 0.05) is 24.1 Å². The fraction of sp³-hybridized carbons (Fsp3) is 0.412. The number of phenolic OH excluding ortho intramolecular Hbond substituents is 1. The monoisotopic (exact) mass is 395 g/mol. The molecule has 1 aromatic heterocycles. The highest BCUT2D eigenvalue weighted by atomic mass is 19.4. The van der Waals surface area contributed by atoms with Crippen LogP contribution in [0.3, 0.4) is 0 Å². The van der Waals surface area contributed by atoms with Gasteiger partial charge < -0.3 is 20.5 Å². The number of aromatic nitrogens is 3. The number of amides is 1. The van der Waals surface area contributed by atoms with Gasteiger partial charge >= 0.3 is 6.36 Å². The van der Waals surface area contributed by atoms with Gasteiger partial charge in [-0.1, -0.05) is 0 Å². The quantitative estimate of drug-likeness (QED) is 0.713. The van der Waals surface area contributed by atoms with Gasteiger partial charge in [0.25, 0.3) is 0 Å². The molecule has 1 saturated carbocycles. The lowest BCUT2D eigenvalue weighted by Crippen LogP contribution is -2.30. The van der Waals surface area contributed by atoms with Gasteiger partial charge in [0.2, 0.25) is 11.9 Å². The first-order valence-electron chi connectivity index (χ1n) is 8.68. The van der Waals surface area contributed by atoms with Crippen molar-refractivity contribution < 1.29 is 27.8 Å². The smallest absolute Gasteiger partial charge is 0.507 e. The molecule has 0 spiro atoms. The van der Waals surface area contributed by atoms with E-state index in [1.165, 1.54) is 6.07 Å². The van der Waals surface area contributed by atoms with Crippen LogP contribution in [0, 0.1) is 0 Å². The summed E-state index contributed by atoms with van der Waals surface area (Å²) in [6.45, 7) is 0.567. The van der Waals surface area contributed by atoms with Gasteiger partial charge in [-0.25, -0.2) is 4.98 Å². The fourth-order valence-corrected chi connectivity index (χ4v) is 3.03. The molecule has 8 nitrogen and oxygen atoms in total. The maximum atomic E-state index is 12.3. The Morgan fingerprint density at radius 1 is 1.21 bits per heavy atom. The van der Waals surface area contributed by atoms with E-state index in [1.54, 1.807) is 0 Å². The van der Waals surface area contributed by atoms with Crippen molar-refractivity contribution in [3.8, 4) is 22.8 Å². The molecule has 1 aliphatic carbocycles. The Bertz CT molecular complexity index is 917. The number of nitrogens with zero attached hydrogens (tertiary/aromatic N) is 3. The second-order valence-electron chi connectivity index (χ2n) is 6.65. The Balaban J connectivity index is 1.63. The van der Waals surface area contributed by atoms with Crippen molar-refractivity contribution in [2.24, 2.45) is 0 Å². The number of halogens is 3. The van der Waals surface area contributed by atoms with Crippen LogP contribution in [0.25, 0.3) is 11.3 Å². The molecule has 0 unspecified atom stereocenters. The first kappa shape index (κ1) is 18.3. The molecule has 148 valence electrons. The fourth-order valence-electron chi connectivity index (χ4n) is 3.03. The number of phenols is 1. The molecule has 11 heteroatoms. The number of rotatable bonds is 5. The summed E-state index contributed by atoms with van der Waals surface area (Å²) < 4.78 is 40.8. The predicted molar refractivity (Wildman–Crippen MR) is 90.6 cm³/mol. The van der Waals surface area contributed by atoms with Gasteiger partial charge in [0.15, 0.2) is 0 Å². The lowest BCUT2D eigenvalue weighted by molar-refractivity contribution is -0.274. The van der Waals surface area contributed by atoms with Gasteiger partial charge in [-0.15, -0.1) is 23.4 Å². The summed E-state index contributed by atoms with van der Waals surface area (Å²) in [5.41, 5.74) is 1.08. The van der Waals surface area contributed by atoms with Crippen LogP contribution in [0.5, 0.6) is 11.5 Å². The second kappa shape index (κ2) is 6.80. The molecule has 4 rings (SSSR count). The molecule has 2 heterocycles. The Morgan fingerprint density at radius 2 is 2.00 bits per heavy atom. The Labute approximate surface area is 157 Å². The second-order valence-corrected chi connectivity index (χ2v) is 6.65. The highest BCUT2D eigenvalue weighted by Crippen LogP contribution is 2.44. The average Bonchev–Trinajstić information content (AvgIpc) is 3.38.